The van der Waals surface area contributed by atoms with Crippen LogP contribution < -0.4 is 4.57 Å². The number of benzene rings is 2. The molecule has 1 heterocycles. The molecule has 0 aliphatic rings. The fourth-order valence-corrected chi connectivity index (χ4v) is 2.47. The monoisotopic (exact) mass is 334 g/mol. The van der Waals surface area contributed by atoms with Crippen LogP contribution in [0, 0.1) is 11.3 Å². The van der Waals surface area contributed by atoms with Gasteiger partial charge in [-0.2, -0.15) is 5.26 Å². The van der Waals surface area contributed by atoms with Crippen LogP contribution in [-0.4, -0.2) is 10.8 Å². The van der Waals surface area contributed by atoms with Gasteiger partial charge in [-0.1, -0.05) is 23.7 Å². The van der Waals surface area contributed by atoms with Crippen molar-refractivity contribution in [3.63, 3.8) is 0 Å². The van der Waals surface area contributed by atoms with Gasteiger partial charge in [0.05, 0.1) is 17.8 Å². The lowest BCUT2D eigenvalue weighted by molar-refractivity contribution is -0.686. The summed E-state index contributed by atoms with van der Waals surface area (Å²) in [7, 11) is 0. The molecule has 1 aromatic heterocycles. The first-order chi connectivity index (χ1) is 11.7. The number of nitriles is 1. The number of rotatable bonds is 4. The average molecular weight is 335 g/mol. The Labute approximate surface area is 144 Å². The normalized spacial score (nSPS) is 10.2. The van der Waals surface area contributed by atoms with Gasteiger partial charge in [-0.05, 0) is 41.4 Å². The van der Waals surface area contributed by atoms with E-state index in [9.17, 15) is 4.79 Å². The Kier molecular flexibility index (Phi) is 4.64. The standard InChI is InChI=1S/C19H13ClN3O/c20-17-3-1-2-16(10-17)18-8-9-23(13-22-18)12-19(24)15-6-4-14(11-21)5-7-15/h1-10,13H,12H2/q+1. The van der Waals surface area contributed by atoms with Gasteiger partial charge >= 0.3 is 0 Å². The van der Waals surface area contributed by atoms with Gasteiger partial charge in [0.2, 0.25) is 5.78 Å². The quantitative estimate of drug-likeness (QED) is 0.542. The number of carbonyl (C=O) groups is 1. The minimum atomic E-state index is -0.0400. The van der Waals surface area contributed by atoms with Gasteiger partial charge in [0, 0.05) is 22.2 Å². The van der Waals surface area contributed by atoms with E-state index in [2.05, 4.69) is 4.98 Å². The summed E-state index contributed by atoms with van der Waals surface area (Å²) in [6.07, 6.45) is 3.43. The van der Waals surface area contributed by atoms with Crippen LogP contribution in [0.4, 0.5) is 0 Å². The zero-order valence-electron chi connectivity index (χ0n) is 12.7. The Morgan fingerprint density at radius 3 is 2.58 bits per heavy atom. The average Bonchev–Trinajstić information content (AvgIpc) is 2.62. The molecule has 0 aliphatic heterocycles. The van der Waals surface area contributed by atoms with Crippen molar-refractivity contribution < 1.29 is 9.36 Å². The van der Waals surface area contributed by atoms with Crippen LogP contribution in [0.5, 0.6) is 0 Å². The second-order valence-electron chi connectivity index (χ2n) is 5.24. The summed E-state index contributed by atoms with van der Waals surface area (Å²) >= 11 is 5.99. The summed E-state index contributed by atoms with van der Waals surface area (Å²) < 4.78 is 1.72. The smallest absolute Gasteiger partial charge is 0.287 e. The molecule has 0 spiro atoms. The van der Waals surface area contributed by atoms with E-state index in [0.717, 1.165) is 11.3 Å². The van der Waals surface area contributed by atoms with Crippen molar-refractivity contribution >= 4 is 17.4 Å². The molecule has 0 fully saturated rings. The highest BCUT2D eigenvalue weighted by atomic mass is 35.5. The molecule has 4 nitrogen and oxygen atoms in total. The minimum absolute atomic E-state index is 0.0400. The maximum atomic E-state index is 12.3. The molecule has 0 atom stereocenters. The Balaban J connectivity index is 1.74. The second-order valence-corrected chi connectivity index (χ2v) is 5.68. The van der Waals surface area contributed by atoms with Crippen LogP contribution in [0.25, 0.3) is 11.3 Å². The summed E-state index contributed by atoms with van der Waals surface area (Å²) in [6.45, 7) is 0.189. The summed E-state index contributed by atoms with van der Waals surface area (Å²) in [5.74, 6) is -0.0400. The molecule has 0 unspecified atom stereocenters. The van der Waals surface area contributed by atoms with Crippen molar-refractivity contribution in [1.82, 2.24) is 4.98 Å². The first kappa shape index (κ1) is 15.9. The highest BCUT2D eigenvalue weighted by Gasteiger charge is 2.12. The highest BCUT2D eigenvalue weighted by Crippen LogP contribution is 2.19. The van der Waals surface area contributed by atoms with Crippen molar-refractivity contribution in [2.24, 2.45) is 0 Å². The Hall–Kier alpha value is -3.03. The predicted octanol–water partition coefficient (Wildman–Crippen LogP) is 3.44. The number of hydrogen-bond donors (Lipinski definition) is 0. The lowest BCUT2D eigenvalue weighted by atomic mass is 10.1. The third-order valence-electron chi connectivity index (χ3n) is 3.55. The first-order valence-electron chi connectivity index (χ1n) is 7.30. The fraction of sp³-hybridized carbons (Fsp3) is 0.0526. The maximum Gasteiger partial charge on any atom is 0.287 e. The Bertz CT molecular complexity index is 913. The number of aromatic nitrogens is 2. The van der Waals surface area contributed by atoms with Gasteiger partial charge in [0.1, 0.15) is 0 Å². The van der Waals surface area contributed by atoms with Gasteiger partial charge in [0.25, 0.3) is 6.33 Å². The van der Waals surface area contributed by atoms with Crippen LogP contribution >= 0.6 is 11.6 Å². The number of hydrogen-bond acceptors (Lipinski definition) is 3. The molecule has 0 saturated heterocycles. The van der Waals surface area contributed by atoms with Crippen molar-refractivity contribution in [2.45, 2.75) is 6.54 Å². The van der Waals surface area contributed by atoms with Gasteiger partial charge in [-0.25, -0.2) is 4.57 Å². The number of carbonyl (C=O) groups excluding carboxylic acids is 1. The molecule has 24 heavy (non-hydrogen) atoms. The topological polar surface area (TPSA) is 57.6 Å². The van der Waals surface area contributed by atoms with E-state index in [1.54, 1.807) is 35.2 Å². The molecule has 116 valence electrons. The largest absolute Gasteiger partial charge is 0.290 e. The molecule has 0 amide bonds. The van der Waals surface area contributed by atoms with Crippen molar-refractivity contribution in [3.8, 4) is 17.3 Å². The van der Waals surface area contributed by atoms with Gasteiger partial charge in [0.15, 0.2) is 12.2 Å². The molecule has 0 N–H and O–H groups in total. The predicted molar refractivity (Wildman–Crippen MR) is 90.4 cm³/mol. The zero-order valence-corrected chi connectivity index (χ0v) is 13.4. The maximum absolute atomic E-state index is 12.3. The molecule has 5 heteroatoms. The van der Waals surface area contributed by atoms with Gasteiger partial charge in [-0.15, -0.1) is 0 Å². The second kappa shape index (κ2) is 7.03. The summed E-state index contributed by atoms with van der Waals surface area (Å²) in [5.41, 5.74) is 2.82. The third kappa shape index (κ3) is 3.65. The number of nitrogens with zero attached hydrogens (tertiary/aromatic N) is 3. The lowest BCUT2D eigenvalue weighted by Gasteiger charge is -2.01. The first-order valence-corrected chi connectivity index (χ1v) is 7.68. The Morgan fingerprint density at radius 1 is 1.17 bits per heavy atom. The molecule has 2 aromatic carbocycles. The van der Waals surface area contributed by atoms with Crippen molar-refractivity contribution in [2.75, 3.05) is 0 Å². The molecule has 0 radical (unpaired) electrons. The molecule has 0 bridgehead atoms. The molecular formula is C19H13ClN3O+. The molecule has 0 aliphatic carbocycles. The molecule has 3 aromatic rings. The number of Topliss-reactive ketones (excluding diaryl/α,β-unsaturated/α-hetero) is 1. The lowest BCUT2D eigenvalue weighted by Crippen LogP contribution is -2.37. The molecule has 0 saturated carbocycles. The van der Waals surface area contributed by atoms with Gasteiger partial charge < -0.3 is 0 Å². The number of ketones is 1. The van der Waals surface area contributed by atoms with Crippen LogP contribution in [0.1, 0.15) is 15.9 Å². The van der Waals surface area contributed by atoms with Crippen molar-refractivity contribution in [1.29, 1.82) is 5.26 Å². The molecule has 3 rings (SSSR count). The minimum Gasteiger partial charge on any atom is -0.290 e. The van der Waals surface area contributed by atoms with E-state index in [-0.39, 0.29) is 12.3 Å². The van der Waals surface area contributed by atoms with Crippen LogP contribution in [0.2, 0.25) is 5.02 Å². The third-order valence-corrected chi connectivity index (χ3v) is 3.79. The fourth-order valence-electron chi connectivity index (χ4n) is 2.28. The highest BCUT2D eigenvalue weighted by molar-refractivity contribution is 6.30. The van der Waals surface area contributed by atoms with Gasteiger partial charge in [-0.3, -0.25) is 4.79 Å². The Morgan fingerprint density at radius 2 is 1.96 bits per heavy atom. The van der Waals surface area contributed by atoms with Crippen LogP contribution in [0.3, 0.4) is 0 Å². The summed E-state index contributed by atoms with van der Waals surface area (Å²) in [5, 5.41) is 9.44. The summed E-state index contributed by atoms with van der Waals surface area (Å²) in [4.78, 5) is 16.6. The van der Waals surface area contributed by atoms with E-state index >= 15 is 0 Å². The summed E-state index contributed by atoms with van der Waals surface area (Å²) in [6, 6.07) is 17.9. The van der Waals surface area contributed by atoms with E-state index < -0.39 is 0 Å². The van der Waals surface area contributed by atoms with E-state index in [1.165, 1.54) is 0 Å². The van der Waals surface area contributed by atoms with Crippen LogP contribution in [0.15, 0.2) is 67.1 Å². The van der Waals surface area contributed by atoms with E-state index in [0.29, 0.717) is 16.1 Å². The van der Waals surface area contributed by atoms with Crippen LogP contribution in [-0.2, 0) is 6.54 Å². The zero-order chi connectivity index (χ0) is 16.9. The van der Waals surface area contributed by atoms with E-state index in [4.69, 9.17) is 16.9 Å². The SMILES string of the molecule is N#Cc1ccc(C(=O)C[n+]2ccc(-c3cccc(Cl)c3)nc2)cc1. The van der Waals surface area contributed by atoms with Crippen molar-refractivity contribution in [3.05, 3.63) is 83.3 Å². The van der Waals surface area contributed by atoms with E-state index in [1.807, 2.05) is 42.6 Å². The number of halogens is 1. The molecular weight excluding hydrogens is 322 g/mol.